The molecule has 369 valence electrons. The summed E-state index contributed by atoms with van der Waals surface area (Å²) in [5.74, 6) is 0.350. The number of rotatable bonds is 10. The van der Waals surface area contributed by atoms with E-state index in [0.717, 1.165) is 59.2 Å². The Balaban J connectivity index is 0.00000185. The summed E-state index contributed by atoms with van der Waals surface area (Å²) >= 11 is 0. The van der Waals surface area contributed by atoms with Crippen LogP contribution in [0.25, 0.3) is 0 Å². The Morgan fingerprint density at radius 1 is 0.636 bits per heavy atom. The maximum absolute atomic E-state index is 11.7. The number of benzene rings is 3. The Bertz CT molecular complexity index is 2120. The predicted molar refractivity (Wildman–Crippen MR) is 269 cm³/mol. The first kappa shape index (κ1) is 57.1. The van der Waals surface area contributed by atoms with Crippen molar-refractivity contribution < 1.29 is 49.3 Å². The van der Waals surface area contributed by atoms with Crippen molar-refractivity contribution in [2.75, 3.05) is 7.05 Å². The molecule has 3 fully saturated rings. The van der Waals surface area contributed by atoms with Gasteiger partial charge in [0, 0.05) is 89.1 Å². The summed E-state index contributed by atoms with van der Waals surface area (Å²) in [6, 6.07) is 17.5. The van der Waals surface area contributed by atoms with Gasteiger partial charge in [0.2, 0.25) is 0 Å². The number of likely N-dealkylation sites (N-methyl/N-ethyl adjacent to an activating group) is 1. The summed E-state index contributed by atoms with van der Waals surface area (Å²) in [4.78, 5) is 24.9. The molecule has 0 amide bonds. The zero-order chi connectivity index (χ0) is 47.5. The number of halogens is 1. The number of aliphatic carboxylic acids is 1. The summed E-state index contributed by atoms with van der Waals surface area (Å²) in [7, 11) is 2.32. The van der Waals surface area contributed by atoms with Crippen LogP contribution in [0.5, 0.6) is 11.5 Å². The Morgan fingerprint density at radius 3 is 1.41 bits per heavy atom. The molecule has 3 aliphatic carbocycles. The SMILES string of the molecule is CC(=O)O.CC1C(N(C)Cc2ccc(N=Cc3cc(C(C)(C)C)cc(C(C)(C)C)c3O)c(N=Cc3cc(C(C)(C)C)cc(C(C)(C)C)c3O)c2)C1N(C1CCCCC1)C1CCCCC1.[Cl-].[Co]. The minimum Gasteiger partial charge on any atom is -1.00 e. The second kappa shape index (κ2) is 22.9. The minimum atomic E-state index is -0.833. The van der Waals surface area contributed by atoms with Gasteiger partial charge in [-0.3, -0.25) is 24.6 Å². The fraction of sp³-hybridized carbons (Fsp3) is 0.625. The molecule has 3 saturated carbocycles. The zero-order valence-electron chi connectivity index (χ0n) is 43.1. The van der Waals surface area contributed by atoms with Crippen LogP contribution in [0.2, 0.25) is 0 Å². The van der Waals surface area contributed by atoms with Crippen LogP contribution >= 0.6 is 0 Å². The summed E-state index contributed by atoms with van der Waals surface area (Å²) in [6.45, 7) is 30.5. The molecule has 10 heteroatoms. The topological polar surface area (TPSA) is 109 Å². The van der Waals surface area contributed by atoms with Gasteiger partial charge >= 0.3 is 0 Å². The summed E-state index contributed by atoms with van der Waals surface area (Å²) in [5, 5.41) is 30.7. The second-order valence-corrected chi connectivity index (χ2v) is 23.6. The molecule has 66 heavy (non-hydrogen) atoms. The van der Waals surface area contributed by atoms with Gasteiger partial charge in [-0.2, -0.15) is 0 Å². The van der Waals surface area contributed by atoms with Crippen molar-refractivity contribution in [1.82, 2.24) is 9.80 Å². The summed E-state index contributed by atoms with van der Waals surface area (Å²) < 4.78 is 0. The van der Waals surface area contributed by atoms with Crippen LogP contribution in [-0.4, -0.2) is 74.7 Å². The molecule has 0 heterocycles. The molecule has 3 aliphatic rings. The van der Waals surface area contributed by atoms with Gasteiger partial charge in [0.25, 0.3) is 5.97 Å². The first-order chi connectivity index (χ1) is 29.7. The van der Waals surface area contributed by atoms with Gasteiger partial charge in [-0.1, -0.05) is 147 Å². The van der Waals surface area contributed by atoms with Crippen LogP contribution in [0.15, 0.2) is 52.4 Å². The van der Waals surface area contributed by atoms with Crippen LogP contribution in [0, 0.1) is 5.92 Å². The molecule has 3 atom stereocenters. The summed E-state index contributed by atoms with van der Waals surface area (Å²) in [6.07, 6.45) is 17.4. The van der Waals surface area contributed by atoms with Crippen LogP contribution < -0.4 is 12.4 Å². The average Bonchev–Trinajstić information content (AvgIpc) is 3.85. The van der Waals surface area contributed by atoms with E-state index in [1.165, 1.54) is 69.8 Å². The number of phenolic OH excluding ortho intramolecular Hbond substituents is 2. The Morgan fingerprint density at radius 2 is 1.03 bits per heavy atom. The molecule has 0 aromatic heterocycles. The molecule has 0 saturated heterocycles. The van der Waals surface area contributed by atoms with Gasteiger partial charge in [0.1, 0.15) is 11.5 Å². The van der Waals surface area contributed by atoms with Crippen molar-refractivity contribution in [2.24, 2.45) is 15.9 Å². The van der Waals surface area contributed by atoms with Crippen LogP contribution in [0.1, 0.15) is 200 Å². The number of carbonyl (C=O) groups is 1. The molecular weight excluding hydrogens is 887 g/mol. The molecule has 3 N–H and O–H groups in total. The standard InChI is InChI=1S/C54H80N4O2.C2H4O2.ClH.Co/c1-35-47(48(35)58(41-21-17-15-18-22-41)42-23-19-16-20-24-42)57(14)34-36-25-26-45(55-32-37-28-39(51(2,3)4)30-43(49(37)59)53(8,9)10)46(27-36)56-33-38-29-40(52(5,6)7)31-44(50(38)60)54(11,12)13;1-2(3)4;;/h25-33,35,41-42,47-48,59-60H,15-24,34H2,1-14H3;1H3,(H,3,4);1H;/p-1. The number of nitrogens with zero attached hydrogens (tertiary/aromatic N) is 4. The predicted octanol–water partition coefficient (Wildman–Crippen LogP) is 10.7. The van der Waals surface area contributed by atoms with E-state index in [1.807, 2.05) is 6.21 Å². The molecule has 0 spiro atoms. The Kier molecular flexibility index (Phi) is 19.8. The molecule has 0 aliphatic heterocycles. The van der Waals surface area contributed by atoms with Crippen LogP contribution in [0.4, 0.5) is 11.4 Å². The van der Waals surface area contributed by atoms with Gasteiger partial charge in [0.15, 0.2) is 0 Å². The van der Waals surface area contributed by atoms with Crippen LogP contribution in [-0.2, 0) is 49.8 Å². The van der Waals surface area contributed by atoms with Crippen molar-refractivity contribution in [3.05, 3.63) is 81.4 Å². The first-order valence-electron chi connectivity index (χ1n) is 24.3. The summed E-state index contributed by atoms with van der Waals surface area (Å²) in [5.41, 5.74) is 7.51. The molecule has 3 unspecified atom stereocenters. The van der Waals surface area contributed by atoms with Gasteiger partial charge in [-0.25, -0.2) is 0 Å². The number of carboxylic acids is 1. The minimum absolute atomic E-state index is 0. The van der Waals surface area contributed by atoms with Crippen molar-refractivity contribution in [1.29, 1.82) is 0 Å². The van der Waals surface area contributed by atoms with Crippen molar-refractivity contribution >= 4 is 29.8 Å². The number of hydrogen-bond acceptors (Lipinski definition) is 7. The number of hydrogen-bond donors (Lipinski definition) is 3. The zero-order valence-corrected chi connectivity index (χ0v) is 44.9. The third kappa shape index (κ3) is 14.6. The van der Waals surface area contributed by atoms with E-state index in [0.29, 0.717) is 29.1 Å². The first-order valence-corrected chi connectivity index (χ1v) is 24.3. The second-order valence-electron chi connectivity index (χ2n) is 23.6. The molecule has 3 aromatic carbocycles. The average molecular weight is 972 g/mol. The monoisotopic (exact) mass is 971 g/mol. The molecular formula is C56H84ClCoN4O4-. The smallest absolute Gasteiger partial charge is 0.300 e. The number of carboxylic acid groups (broad SMARTS) is 1. The van der Waals surface area contributed by atoms with Crippen LogP contribution in [0.3, 0.4) is 0 Å². The normalized spacial score (nSPS) is 20.0. The fourth-order valence-corrected chi connectivity index (χ4v) is 10.1. The van der Waals surface area contributed by atoms with E-state index in [2.05, 4.69) is 149 Å². The molecule has 3 aromatic rings. The van der Waals surface area contributed by atoms with Crippen molar-refractivity contribution in [2.45, 2.75) is 214 Å². The van der Waals surface area contributed by atoms with Gasteiger partial charge in [-0.15, -0.1) is 0 Å². The van der Waals surface area contributed by atoms with E-state index in [9.17, 15) is 10.2 Å². The largest absolute Gasteiger partial charge is 1.00 e. The van der Waals surface area contributed by atoms with Crippen molar-refractivity contribution in [3.8, 4) is 11.5 Å². The third-order valence-corrected chi connectivity index (χ3v) is 13.9. The van der Waals surface area contributed by atoms with Gasteiger partial charge in [0.05, 0.1) is 11.4 Å². The maximum atomic E-state index is 11.7. The third-order valence-electron chi connectivity index (χ3n) is 13.9. The molecule has 0 bridgehead atoms. The van der Waals surface area contributed by atoms with E-state index >= 15 is 0 Å². The fourth-order valence-electron chi connectivity index (χ4n) is 10.1. The number of aromatic hydroxyl groups is 2. The van der Waals surface area contributed by atoms with Gasteiger partial charge in [-0.05, 0) is 101 Å². The van der Waals surface area contributed by atoms with Crippen molar-refractivity contribution in [3.63, 3.8) is 0 Å². The van der Waals surface area contributed by atoms with E-state index < -0.39 is 5.97 Å². The number of aliphatic imine (C=N–C) groups is 2. The van der Waals surface area contributed by atoms with E-state index in [1.54, 1.807) is 6.21 Å². The number of phenols is 2. The molecule has 1 radical (unpaired) electrons. The quantitative estimate of drug-likeness (QED) is 0.175. The van der Waals surface area contributed by atoms with E-state index in [-0.39, 0.29) is 62.3 Å². The Hall–Kier alpha value is -3.21. The molecule has 8 nitrogen and oxygen atoms in total. The molecule has 6 rings (SSSR count). The van der Waals surface area contributed by atoms with Gasteiger partial charge < -0.3 is 27.7 Å². The Labute approximate surface area is 416 Å². The van der Waals surface area contributed by atoms with E-state index in [4.69, 9.17) is 19.9 Å². The maximum Gasteiger partial charge on any atom is 0.300 e.